The molecule has 7 heteroatoms. The fourth-order valence-corrected chi connectivity index (χ4v) is 2.42. The van der Waals surface area contributed by atoms with Gasteiger partial charge in [0.2, 0.25) is 0 Å². The van der Waals surface area contributed by atoms with Crippen molar-refractivity contribution in [3.05, 3.63) is 17.5 Å². The molecule has 6 nitrogen and oxygen atoms in total. The quantitative estimate of drug-likeness (QED) is 0.433. The van der Waals surface area contributed by atoms with E-state index in [0.29, 0.717) is 12.5 Å². The Morgan fingerprint density at radius 3 is 2.91 bits per heavy atom. The molecule has 1 aliphatic heterocycles. The number of ether oxygens (including phenoxy) is 1. The van der Waals surface area contributed by atoms with Crippen LogP contribution < -0.4 is 5.32 Å². The van der Waals surface area contributed by atoms with Crippen LogP contribution in [0.3, 0.4) is 0 Å². The monoisotopic (exact) mass is 422 g/mol. The van der Waals surface area contributed by atoms with Gasteiger partial charge in [-0.2, -0.15) is 0 Å². The molecular weight excluding hydrogens is 395 g/mol. The maximum absolute atomic E-state index is 5.43. The molecule has 0 saturated carbocycles. The molecule has 0 aliphatic carbocycles. The minimum atomic E-state index is 0. The molecule has 1 atom stereocenters. The molecule has 1 unspecified atom stereocenters. The molecule has 0 aromatic carbocycles. The lowest BCUT2D eigenvalue weighted by atomic mass is 10.1. The molecular formula is C15H27IN4O2. The second-order valence-electron chi connectivity index (χ2n) is 5.42. The lowest BCUT2D eigenvalue weighted by molar-refractivity contribution is 0.181. The molecule has 1 aromatic heterocycles. The Morgan fingerprint density at radius 2 is 2.32 bits per heavy atom. The van der Waals surface area contributed by atoms with Crippen molar-refractivity contribution in [2.24, 2.45) is 10.9 Å². The van der Waals surface area contributed by atoms with Gasteiger partial charge in [-0.15, -0.1) is 24.0 Å². The van der Waals surface area contributed by atoms with Crippen molar-refractivity contribution in [3.63, 3.8) is 0 Å². The normalized spacial score (nSPS) is 18.1. The Hall–Kier alpha value is -0.830. The molecule has 2 rings (SSSR count). The van der Waals surface area contributed by atoms with Crippen LogP contribution in [0.4, 0.5) is 0 Å². The van der Waals surface area contributed by atoms with Crippen molar-refractivity contribution in [2.75, 3.05) is 33.4 Å². The fraction of sp³-hybridized carbons (Fsp3) is 0.733. The van der Waals surface area contributed by atoms with Crippen LogP contribution in [-0.2, 0) is 17.7 Å². The van der Waals surface area contributed by atoms with E-state index in [1.807, 2.05) is 6.07 Å². The first-order valence-electron chi connectivity index (χ1n) is 7.74. The number of rotatable bonds is 6. The Labute approximate surface area is 149 Å². The highest BCUT2D eigenvalue weighted by molar-refractivity contribution is 14.0. The van der Waals surface area contributed by atoms with Gasteiger partial charge in [-0.1, -0.05) is 12.1 Å². The summed E-state index contributed by atoms with van der Waals surface area (Å²) < 4.78 is 10.7. The number of nitrogens with one attached hydrogen (secondary N) is 1. The third-order valence-corrected chi connectivity index (χ3v) is 3.61. The molecule has 0 radical (unpaired) electrons. The van der Waals surface area contributed by atoms with Gasteiger partial charge in [0, 0.05) is 38.7 Å². The first-order chi connectivity index (χ1) is 10.2. The van der Waals surface area contributed by atoms with E-state index >= 15 is 0 Å². The van der Waals surface area contributed by atoms with Crippen molar-refractivity contribution in [1.29, 1.82) is 0 Å². The van der Waals surface area contributed by atoms with Crippen molar-refractivity contribution in [2.45, 2.75) is 33.2 Å². The molecule has 1 N–H and O–H groups in total. The molecule has 0 amide bonds. The first kappa shape index (κ1) is 19.2. The average Bonchev–Trinajstić information content (AvgIpc) is 3.14. The Kier molecular flexibility index (Phi) is 8.77. The highest BCUT2D eigenvalue weighted by Crippen LogP contribution is 2.13. The second-order valence-corrected chi connectivity index (χ2v) is 5.42. The summed E-state index contributed by atoms with van der Waals surface area (Å²) in [6, 6.07) is 1.97. The van der Waals surface area contributed by atoms with Gasteiger partial charge in [-0.3, -0.25) is 0 Å². The predicted octanol–water partition coefficient (Wildman–Crippen LogP) is 2.29. The minimum absolute atomic E-state index is 0. The second kappa shape index (κ2) is 10.0. The summed E-state index contributed by atoms with van der Waals surface area (Å²) in [6.07, 6.45) is 2.01. The lowest BCUT2D eigenvalue weighted by Gasteiger charge is -2.24. The van der Waals surface area contributed by atoms with Gasteiger partial charge in [-0.25, -0.2) is 4.99 Å². The molecule has 1 aliphatic rings. The summed E-state index contributed by atoms with van der Waals surface area (Å²) in [5, 5.41) is 7.31. The van der Waals surface area contributed by atoms with Gasteiger partial charge < -0.3 is 19.5 Å². The van der Waals surface area contributed by atoms with E-state index in [1.165, 1.54) is 0 Å². The number of aromatic nitrogens is 1. The van der Waals surface area contributed by atoms with Crippen LogP contribution in [0.5, 0.6) is 0 Å². The first-order valence-corrected chi connectivity index (χ1v) is 7.74. The van der Waals surface area contributed by atoms with Gasteiger partial charge in [0.25, 0.3) is 0 Å². The van der Waals surface area contributed by atoms with Gasteiger partial charge in [0.05, 0.1) is 12.3 Å². The number of hydrogen-bond acceptors (Lipinski definition) is 4. The highest BCUT2D eigenvalue weighted by Gasteiger charge is 2.19. The Bertz CT molecular complexity index is 458. The largest absolute Gasteiger partial charge is 0.381 e. The SMILES string of the molecule is CCNC(=NCc1cc(CC)no1)N(C)CC1CCOC1.I. The average molecular weight is 422 g/mol. The predicted molar refractivity (Wildman–Crippen MR) is 97.7 cm³/mol. The summed E-state index contributed by atoms with van der Waals surface area (Å²) in [7, 11) is 2.07. The fourth-order valence-electron chi connectivity index (χ4n) is 2.42. The number of nitrogens with zero attached hydrogens (tertiary/aromatic N) is 3. The molecule has 22 heavy (non-hydrogen) atoms. The van der Waals surface area contributed by atoms with E-state index in [-0.39, 0.29) is 24.0 Å². The molecule has 1 fully saturated rings. The maximum atomic E-state index is 5.43. The van der Waals surface area contributed by atoms with Crippen LogP contribution in [0.2, 0.25) is 0 Å². The summed E-state index contributed by atoms with van der Waals surface area (Å²) in [5.74, 6) is 2.30. The Morgan fingerprint density at radius 1 is 1.50 bits per heavy atom. The maximum Gasteiger partial charge on any atom is 0.194 e. The van der Waals surface area contributed by atoms with Gasteiger partial charge in [0.15, 0.2) is 11.7 Å². The van der Waals surface area contributed by atoms with Gasteiger partial charge in [0.1, 0.15) is 6.54 Å². The number of aryl methyl sites for hydroxylation is 1. The zero-order valence-electron chi connectivity index (χ0n) is 13.7. The smallest absolute Gasteiger partial charge is 0.194 e. The molecule has 1 saturated heterocycles. The van der Waals surface area contributed by atoms with E-state index in [1.54, 1.807) is 0 Å². The van der Waals surface area contributed by atoms with Crippen LogP contribution in [0.25, 0.3) is 0 Å². The zero-order valence-corrected chi connectivity index (χ0v) is 16.0. The summed E-state index contributed by atoms with van der Waals surface area (Å²) in [5.41, 5.74) is 0.974. The molecule has 0 spiro atoms. The topological polar surface area (TPSA) is 62.9 Å². The molecule has 126 valence electrons. The third-order valence-electron chi connectivity index (χ3n) is 3.61. The number of aliphatic imine (C=N–C) groups is 1. The van der Waals surface area contributed by atoms with Crippen LogP contribution in [0.15, 0.2) is 15.6 Å². The van der Waals surface area contributed by atoms with Gasteiger partial charge >= 0.3 is 0 Å². The molecule has 0 bridgehead atoms. The van der Waals surface area contributed by atoms with Gasteiger partial charge in [-0.05, 0) is 19.8 Å². The summed E-state index contributed by atoms with van der Waals surface area (Å²) in [6.45, 7) is 8.19. The molecule has 2 heterocycles. The van der Waals surface area contributed by atoms with Crippen LogP contribution in [0.1, 0.15) is 31.7 Å². The summed E-state index contributed by atoms with van der Waals surface area (Å²) >= 11 is 0. The van der Waals surface area contributed by atoms with E-state index in [9.17, 15) is 0 Å². The molecule has 1 aromatic rings. The lowest BCUT2D eigenvalue weighted by Crippen LogP contribution is -2.41. The van der Waals surface area contributed by atoms with Crippen molar-refractivity contribution in [1.82, 2.24) is 15.4 Å². The van der Waals surface area contributed by atoms with E-state index in [4.69, 9.17) is 9.26 Å². The van der Waals surface area contributed by atoms with E-state index in [0.717, 1.165) is 56.6 Å². The van der Waals surface area contributed by atoms with E-state index in [2.05, 4.69) is 41.3 Å². The van der Waals surface area contributed by atoms with Crippen LogP contribution in [-0.4, -0.2) is 49.4 Å². The third kappa shape index (κ3) is 5.75. The van der Waals surface area contributed by atoms with E-state index < -0.39 is 0 Å². The highest BCUT2D eigenvalue weighted by atomic mass is 127. The van der Waals surface area contributed by atoms with Crippen molar-refractivity contribution < 1.29 is 9.26 Å². The zero-order chi connectivity index (χ0) is 15.1. The van der Waals surface area contributed by atoms with Crippen molar-refractivity contribution in [3.8, 4) is 0 Å². The Balaban J connectivity index is 0.00000242. The number of guanidine groups is 1. The number of halogens is 1. The van der Waals surface area contributed by atoms with Crippen LogP contribution >= 0.6 is 24.0 Å². The van der Waals surface area contributed by atoms with Crippen LogP contribution in [0, 0.1) is 5.92 Å². The number of hydrogen-bond donors (Lipinski definition) is 1. The minimum Gasteiger partial charge on any atom is -0.381 e. The standard InChI is InChI=1S/C15H26N4O2.HI/c1-4-13-8-14(21-18-13)9-17-15(16-5-2)19(3)10-12-6-7-20-11-12;/h8,12H,4-7,9-11H2,1-3H3,(H,16,17);1H. The summed E-state index contributed by atoms with van der Waals surface area (Å²) in [4.78, 5) is 6.80. The van der Waals surface area contributed by atoms with Crippen molar-refractivity contribution >= 4 is 29.9 Å².